The molecule has 0 atom stereocenters. The molecule has 0 radical (unpaired) electrons. The van der Waals surface area contributed by atoms with E-state index in [1.807, 2.05) is 6.07 Å². The van der Waals surface area contributed by atoms with Gasteiger partial charge < -0.3 is 24.8 Å². The summed E-state index contributed by atoms with van der Waals surface area (Å²) >= 11 is 0. The molecule has 0 heterocycles. The number of rotatable bonds is 14. The van der Waals surface area contributed by atoms with Gasteiger partial charge in [-0.25, -0.2) is 0 Å². The SMILES string of the molecule is COCCN(/C=C(/C#N)C(=O)NCCCCCC(=O)O)CCOC. The lowest BCUT2D eigenvalue weighted by molar-refractivity contribution is -0.137. The Kier molecular flexibility index (Phi) is 13.2. The van der Waals surface area contributed by atoms with Crippen molar-refractivity contribution in [2.45, 2.75) is 25.7 Å². The fourth-order valence-electron chi connectivity index (χ4n) is 1.85. The van der Waals surface area contributed by atoms with Gasteiger partial charge in [0.2, 0.25) is 0 Å². The number of nitrogens with zero attached hydrogens (tertiary/aromatic N) is 2. The number of carbonyl (C=O) groups is 2. The zero-order chi connectivity index (χ0) is 18.2. The molecule has 8 heteroatoms. The van der Waals surface area contributed by atoms with Crippen LogP contribution in [0.4, 0.5) is 0 Å². The molecule has 8 nitrogen and oxygen atoms in total. The second-order valence-corrected chi connectivity index (χ2v) is 5.14. The van der Waals surface area contributed by atoms with E-state index in [1.54, 1.807) is 19.1 Å². The molecule has 0 aliphatic rings. The molecule has 0 saturated heterocycles. The first-order valence-corrected chi connectivity index (χ1v) is 7.89. The van der Waals surface area contributed by atoms with Gasteiger partial charge in [0, 0.05) is 46.5 Å². The number of amides is 1. The van der Waals surface area contributed by atoms with Gasteiger partial charge in [-0.05, 0) is 12.8 Å². The molecule has 2 N–H and O–H groups in total. The number of methoxy groups -OCH3 is 2. The molecule has 0 aromatic heterocycles. The van der Waals surface area contributed by atoms with E-state index in [0.717, 1.165) is 0 Å². The summed E-state index contributed by atoms with van der Waals surface area (Å²) in [6.07, 6.45) is 3.61. The van der Waals surface area contributed by atoms with Crippen molar-refractivity contribution in [2.24, 2.45) is 0 Å². The van der Waals surface area contributed by atoms with E-state index < -0.39 is 11.9 Å². The first-order valence-electron chi connectivity index (χ1n) is 7.89. The first-order chi connectivity index (χ1) is 11.5. The van der Waals surface area contributed by atoms with Crippen LogP contribution in [0.25, 0.3) is 0 Å². The van der Waals surface area contributed by atoms with Gasteiger partial charge in [-0.1, -0.05) is 6.42 Å². The summed E-state index contributed by atoms with van der Waals surface area (Å²) in [6.45, 7) is 2.46. The summed E-state index contributed by atoms with van der Waals surface area (Å²) in [5.41, 5.74) is 0.0211. The molecule has 0 aliphatic carbocycles. The molecule has 0 fully saturated rings. The Balaban J connectivity index is 4.36. The van der Waals surface area contributed by atoms with Crippen molar-refractivity contribution >= 4 is 11.9 Å². The average molecular weight is 341 g/mol. The molecule has 0 aliphatic heterocycles. The Morgan fingerprint density at radius 3 is 2.29 bits per heavy atom. The minimum Gasteiger partial charge on any atom is -0.481 e. The van der Waals surface area contributed by atoms with Crippen molar-refractivity contribution in [3.8, 4) is 6.07 Å². The number of carboxylic acids is 1. The van der Waals surface area contributed by atoms with Crippen LogP contribution in [0, 0.1) is 11.3 Å². The second kappa shape index (κ2) is 14.5. The van der Waals surface area contributed by atoms with Crippen LogP contribution in [-0.2, 0) is 19.1 Å². The van der Waals surface area contributed by atoms with Crippen LogP contribution in [0.5, 0.6) is 0 Å². The van der Waals surface area contributed by atoms with Gasteiger partial charge in [-0.3, -0.25) is 9.59 Å². The molecule has 0 unspecified atom stereocenters. The normalized spacial score (nSPS) is 11.0. The van der Waals surface area contributed by atoms with Crippen molar-refractivity contribution in [1.82, 2.24) is 10.2 Å². The third-order valence-corrected chi connectivity index (χ3v) is 3.19. The minimum atomic E-state index is -0.819. The van der Waals surface area contributed by atoms with Crippen LogP contribution in [0.2, 0.25) is 0 Å². The zero-order valence-corrected chi connectivity index (χ0v) is 14.4. The summed E-state index contributed by atoms with van der Waals surface area (Å²) in [5.74, 6) is -1.25. The molecule has 1 amide bonds. The van der Waals surface area contributed by atoms with E-state index in [-0.39, 0.29) is 12.0 Å². The lowest BCUT2D eigenvalue weighted by Gasteiger charge is -2.20. The number of carbonyl (C=O) groups excluding carboxylic acids is 1. The largest absolute Gasteiger partial charge is 0.481 e. The van der Waals surface area contributed by atoms with E-state index in [2.05, 4.69) is 5.32 Å². The van der Waals surface area contributed by atoms with E-state index >= 15 is 0 Å². The molecule has 0 aromatic rings. The molecule has 0 aromatic carbocycles. The Bertz CT molecular complexity index is 437. The fraction of sp³-hybridized carbons (Fsp3) is 0.688. The van der Waals surface area contributed by atoms with Gasteiger partial charge in [0.25, 0.3) is 5.91 Å². The van der Waals surface area contributed by atoms with Gasteiger partial charge in [0.1, 0.15) is 11.6 Å². The first kappa shape index (κ1) is 21.9. The number of unbranched alkanes of at least 4 members (excludes halogenated alkanes) is 2. The maximum Gasteiger partial charge on any atom is 0.303 e. The summed E-state index contributed by atoms with van der Waals surface area (Å²) < 4.78 is 10.0. The molecule has 0 saturated carbocycles. The van der Waals surface area contributed by atoms with Gasteiger partial charge in [0.15, 0.2) is 0 Å². The summed E-state index contributed by atoms with van der Waals surface area (Å²) in [4.78, 5) is 24.2. The fourth-order valence-corrected chi connectivity index (χ4v) is 1.85. The predicted molar refractivity (Wildman–Crippen MR) is 88.1 cm³/mol. The number of nitriles is 1. The molecule has 0 bridgehead atoms. The highest BCUT2D eigenvalue weighted by Gasteiger charge is 2.11. The number of nitrogens with one attached hydrogen (secondary N) is 1. The van der Waals surface area contributed by atoms with Crippen LogP contribution < -0.4 is 5.32 Å². The molecular formula is C16H27N3O5. The van der Waals surface area contributed by atoms with E-state index in [4.69, 9.17) is 19.8 Å². The van der Waals surface area contributed by atoms with Crippen LogP contribution >= 0.6 is 0 Å². The standard InChI is InChI=1S/C16H27N3O5/c1-23-10-8-19(9-11-24-2)13-14(12-17)16(22)18-7-5-3-4-6-15(20)21/h13H,3-11H2,1-2H3,(H,18,22)(H,20,21)/b14-13-. The maximum absolute atomic E-state index is 12.0. The summed E-state index contributed by atoms with van der Waals surface area (Å²) in [5, 5.41) is 20.4. The number of hydrogen-bond acceptors (Lipinski definition) is 6. The topological polar surface area (TPSA) is 112 Å². The van der Waals surface area contributed by atoms with Crippen molar-refractivity contribution < 1.29 is 24.2 Å². The lowest BCUT2D eigenvalue weighted by atomic mass is 10.2. The Morgan fingerprint density at radius 2 is 1.79 bits per heavy atom. The Morgan fingerprint density at radius 1 is 1.17 bits per heavy atom. The predicted octanol–water partition coefficient (Wildman–Crippen LogP) is 0.750. The zero-order valence-electron chi connectivity index (χ0n) is 14.4. The van der Waals surface area contributed by atoms with Gasteiger partial charge in [0.05, 0.1) is 13.2 Å². The van der Waals surface area contributed by atoms with E-state index in [0.29, 0.717) is 52.1 Å². The third kappa shape index (κ3) is 11.5. The Hall–Kier alpha value is -2.11. The quantitative estimate of drug-likeness (QED) is 0.272. The monoisotopic (exact) mass is 341 g/mol. The number of aliphatic carboxylic acids is 1. The van der Waals surface area contributed by atoms with Crippen LogP contribution in [0.15, 0.2) is 11.8 Å². The number of hydrogen-bond donors (Lipinski definition) is 2. The maximum atomic E-state index is 12.0. The highest BCUT2D eigenvalue weighted by Crippen LogP contribution is 2.01. The highest BCUT2D eigenvalue weighted by atomic mass is 16.5. The molecule has 0 spiro atoms. The smallest absolute Gasteiger partial charge is 0.303 e. The average Bonchev–Trinajstić information content (AvgIpc) is 2.56. The van der Waals surface area contributed by atoms with Gasteiger partial charge >= 0.3 is 5.97 Å². The van der Waals surface area contributed by atoms with Crippen LogP contribution in [0.3, 0.4) is 0 Å². The molecule has 136 valence electrons. The minimum absolute atomic E-state index is 0.0211. The van der Waals surface area contributed by atoms with Gasteiger partial charge in [-0.2, -0.15) is 5.26 Å². The van der Waals surface area contributed by atoms with Crippen LogP contribution in [-0.4, -0.2) is 69.0 Å². The van der Waals surface area contributed by atoms with E-state index in [1.165, 1.54) is 6.20 Å². The van der Waals surface area contributed by atoms with Crippen molar-refractivity contribution in [3.05, 3.63) is 11.8 Å². The number of ether oxygens (including phenoxy) is 2. The van der Waals surface area contributed by atoms with Crippen molar-refractivity contribution in [3.63, 3.8) is 0 Å². The Labute approximate surface area is 143 Å². The van der Waals surface area contributed by atoms with E-state index in [9.17, 15) is 9.59 Å². The summed E-state index contributed by atoms with van der Waals surface area (Å²) in [6, 6.07) is 1.90. The molecular weight excluding hydrogens is 314 g/mol. The van der Waals surface area contributed by atoms with Crippen molar-refractivity contribution in [2.75, 3.05) is 47.1 Å². The van der Waals surface area contributed by atoms with Crippen molar-refractivity contribution in [1.29, 1.82) is 5.26 Å². The third-order valence-electron chi connectivity index (χ3n) is 3.19. The lowest BCUT2D eigenvalue weighted by Crippen LogP contribution is -2.30. The summed E-state index contributed by atoms with van der Waals surface area (Å²) in [7, 11) is 3.17. The molecule has 0 rings (SSSR count). The van der Waals surface area contributed by atoms with Crippen LogP contribution in [0.1, 0.15) is 25.7 Å². The van der Waals surface area contributed by atoms with Gasteiger partial charge in [-0.15, -0.1) is 0 Å². The second-order valence-electron chi connectivity index (χ2n) is 5.14. The molecule has 24 heavy (non-hydrogen) atoms. The highest BCUT2D eigenvalue weighted by molar-refractivity contribution is 5.97. The number of carboxylic acid groups (broad SMARTS) is 1.